The smallest absolute Gasteiger partial charge is 0.225 e. The van der Waals surface area contributed by atoms with Gasteiger partial charge in [-0.15, -0.1) is 0 Å². The molecular formula is C10H14N2O3. The van der Waals surface area contributed by atoms with Gasteiger partial charge in [-0.05, 0) is 0 Å². The second kappa shape index (κ2) is 4.02. The predicted molar refractivity (Wildman–Crippen MR) is 51.9 cm³/mol. The van der Waals surface area contributed by atoms with Crippen LogP contribution in [0.1, 0.15) is 25.0 Å². The van der Waals surface area contributed by atoms with E-state index in [0.717, 1.165) is 12.2 Å². The van der Waals surface area contributed by atoms with Crippen LogP contribution in [0.5, 0.6) is 0 Å². The first-order valence-electron chi connectivity index (χ1n) is 5.08. The van der Waals surface area contributed by atoms with Crippen molar-refractivity contribution in [2.75, 3.05) is 6.54 Å². The van der Waals surface area contributed by atoms with Crippen LogP contribution in [0.2, 0.25) is 0 Å². The molecule has 1 unspecified atom stereocenters. The highest BCUT2D eigenvalue weighted by Gasteiger charge is 2.28. The second-order valence-electron chi connectivity index (χ2n) is 3.71. The highest BCUT2D eigenvalue weighted by atomic mass is 16.4. The van der Waals surface area contributed by atoms with E-state index in [2.05, 4.69) is 4.98 Å². The Labute approximate surface area is 87.7 Å². The van der Waals surface area contributed by atoms with E-state index in [9.17, 15) is 9.90 Å². The van der Waals surface area contributed by atoms with Crippen molar-refractivity contribution < 1.29 is 14.3 Å². The summed E-state index contributed by atoms with van der Waals surface area (Å²) in [7, 11) is 0. The standard InChI is InChI=1S/C10H14N2O3/c1-2-8-4-11-9(15-8)6-12-5-7(13)3-10(12)14/h4,7,13H,2-3,5-6H2,1H3. The van der Waals surface area contributed by atoms with Crippen LogP contribution >= 0.6 is 0 Å². The van der Waals surface area contributed by atoms with Gasteiger partial charge in [0, 0.05) is 13.0 Å². The van der Waals surface area contributed by atoms with Crippen LogP contribution < -0.4 is 0 Å². The lowest BCUT2D eigenvalue weighted by Crippen LogP contribution is -2.25. The normalized spacial score (nSPS) is 21.3. The number of hydrogen-bond donors (Lipinski definition) is 1. The second-order valence-corrected chi connectivity index (χ2v) is 3.71. The van der Waals surface area contributed by atoms with Crippen LogP contribution in [0.4, 0.5) is 0 Å². The number of aliphatic hydroxyl groups excluding tert-OH is 1. The molecule has 1 N–H and O–H groups in total. The number of oxazole rings is 1. The molecule has 1 aromatic rings. The van der Waals surface area contributed by atoms with Crippen molar-refractivity contribution in [3.8, 4) is 0 Å². The maximum Gasteiger partial charge on any atom is 0.225 e. The topological polar surface area (TPSA) is 66.6 Å². The maximum absolute atomic E-state index is 11.4. The fourth-order valence-electron chi connectivity index (χ4n) is 1.65. The van der Waals surface area contributed by atoms with Gasteiger partial charge >= 0.3 is 0 Å². The SMILES string of the molecule is CCc1cnc(CN2CC(O)CC2=O)o1. The summed E-state index contributed by atoms with van der Waals surface area (Å²) in [5.74, 6) is 1.31. The Morgan fingerprint density at radius 3 is 3.07 bits per heavy atom. The third-order valence-corrected chi connectivity index (χ3v) is 2.47. The Hall–Kier alpha value is -1.36. The molecule has 0 bridgehead atoms. The van der Waals surface area contributed by atoms with E-state index in [1.165, 1.54) is 0 Å². The van der Waals surface area contributed by atoms with E-state index < -0.39 is 6.10 Å². The van der Waals surface area contributed by atoms with Crippen LogP contribution in [0, 0.1) is 0 Å². The van der Waals surface area contributed by atoms with Crippen LogP contribution in [0.3, 0.4) is 0 Å². The Morgan fingerprint density at radius 2 is 2.53 bits per heavy atom. The number of nitrogens with zero attached hydrogens (tertiary/aromatic N) is 2. The maximum atomic E-state index is 11.4. The zero-order valence-electron chi connectivity index (χ0n) is 8.64. The number of rotatable bonds is 3. The van der Waals surface area contributed by atoms with Gasteiger partial charge in [0.05, 0.1) is 25.3 Å². The molecule has 1 aliphatic rings. The van der Waals surface area contributed by atoms with Crippen LogP contribution in [0.15, 0.2) is 10.6 Å². The van der Waals surface area contributed by atoms with E-state index >= 15 is 0 Å². The summed E-state index contributed by atoms with van der Waals surface area (Å²) in [6, 6.07) is 0. The Morgan fingerprint density at radius 1 is 1.73 bits per heavy atom. The van der Waals surface area contributed by atoms with Crippen molar-refractivity contribution in [2.45, 2.75) is 32.4 Å². The molecule has 1 aliphatic heterocycles. The predicted octanol–water partition coefficient (Wildman–Crippen LogP) is 0.330. The van der Waals surface area contributed by atoms with Crippen molar-refractivity contribution in [1.82, 2.24) is 9.88 Å². The molecule has 0 saturated carbocycles. The summed E-state index contributed by atoms with van der Waals surface area (Å²) in [5, 5.41) is 9.29. The molecule has 15 heavy (non-hydrogen) atoms. The van der Waals surface area contributed by atoms with Gasteiger partial charge in [-0.3, -0.25) is 4.79 Å². The van der Waals surface area contributed by atoms with Crippen molar-refractivity contribution in [2.24, 2.45) is 0 Å². The fourth-order valence-corrected chi connectivity index (χ4v) is 1.65. The highest BCUT2D eigenvalue weighted by molar-refractivity contribution is 5.78. The molecule has 82 valence electrons. The van der Waals surface area contributed by atoms with Crippen molar-refractivity contribution in [3.05, 3.63) is 17.8 Å². The molecule has 1 atom stereocenters. The zero-order chi connectivity index (χ0) is 10.8. The van der Waals surface area contributed by atoms with E-state index in [0.29, 0.717) is 19.0 Å². The van der Waals surface area contributed by atoms with Gasteiger partial charge in [0.1, 0.15) is 5.76 Å². The molecule has 2 rings (SSSR count). The molecule has 1 saturated heterocycles. The van der Waals surface area contributed by atoms with Gasteiger partial charge < -0.3 is 14.4 Å². The molecule has 1 fully saturated rings. The van der Waals surface area contributed by atoms with E-state index in [4.69, 9.17) is 4.42 Å². The summed E-state index contributed by atoms with van der Waals surface area (Å²) in [6.45, 7) is 2.72. The van der Waals surface area contributed by atoms with Gasteiger partial charge in [-0.1, -0.05) is 6.92 Å². The molecule has 0 radical (unpaired) electrons. The van der Waals surface area contributed by atoms with Crippen molar-refractivity contribution >= 4 is 5.91 Å². The number of carbonyl (C=O) groups is 1. The van der Waals surface area contributed by atoms with E-state index in [1.54, 1.807) is 11.1 Å². The number of aliphatic hydroxyl groups is 1. The molecule has 5 heteroatoms. The molecule has 2 heterocycles. The third kappa shape index (κ3) is 2.18. The van der Waals surface area contributed by atoms with Crippen molar-refractivity contribution in [3.63, 3.8) is 0 Å². The van der Waals surface area contributed by atoms with Gasteiger partial charge in [0.25, 0.3) is 0 Å². The largest absolute Gasteiger partial charge is 0.444 e. The zero-order valence-corrected chi connectivity index (χ0v) is 8.64. The lowest BCUT2D eigenvalue weighted by molar-refractivity contribution is -0.128. The quantitative estimate of drug-likeness (QED) is 0.780. The lowest BCUT2D eigenvalue weighted by atomic mass is 10.3. The fraction of sp³-hybridized carbons (Fsp3) is 0.600. The first-order chi connectivity index (χ1) is 7.19. The molecule has 1 aromatic heterocycles. The monoisotopic (exact) mass is 210 g/mol. The average Bonchev–Trinajstić information content (AvgIpc) is 2.75. The minimum Gasteiger partial charge on any atom is -0.444 e. The van der Waals surface area contributed by atoms with Gasteiger partial charge in [-0.2, -0.15) is 0 Å². The molecule has 1 amide bonds. The van der Waals surface area contributed by atoms with Crippen LogP contribution in [-0.2, 0) is 17.8 Å². The molecule has 0 spiro atoms. The van der Waals surface area contributed by atoms with Crippen LogP contribution in [0.25, 0.3) is 0 Å². The number of aromatic nitrogens is 1. The number of hydrogen-bond acceptors (Lipinski definition) is 4. The Balaban J connectivity index is 1.99. The number of aryl methyl sites for hydroxylation is 1. The van der Waals surface area contributed by atoms with E-state index in [1.807, 2.05) is 6.92 Å². The Kier molecular flexibility index (Phi) is 2.73. The lowest BCUT2D eigenvalue weighted by Gasteiger charge is -2.12. The number of carbonyl (C=O) groups excluding carboxylic acids is 1. The molecule has 0 aromatic carbocycles. The van der Waals surface area contributed by atoms with Gasteiger partial charge in [0.2, 0.25) is 11.8 Å². The Bertz CT molecular complexity index is 361. The minimum atomic E-state index is -0.543. The first-order valence-corrected chi connectivity index (χ1v) is 5.08. The summed E-state index contributed by atoms with van der Waals surface area (Å²) >= 11 is 0. The number of likely N-dealkylation sites (tertiary alicyclic amines) is 1. The van der Waals surface area contributed by atoms with Gasteiger partial charge in [-0.25, -0.2) is 4.98 Å². The average molecular weight is 210 g/mol. The molecular weight excluding hydrogens is 196 g/mol. The first kappa shape index (κ1) is 10.2. The highest BCUT2D eigenvalue weighted by Crippen LogP contribution is 2.15. The number of β-amino-alcohol motifs (C(OH)–C–C–N with tert-alkyl or cyclic N) is 1. The summed E-state index contributed by atoms with van der Waals surface area (Å²) in [5.41, 5.74) is 0. The van der Waals surface area contributed by atoms with Crippen molar-refractivity contribution in [1.29, 1.82) is 0 Å². The van der Waals surface area contributed by atoms with Gasteiger partial charge in [0.15, 0.2) is 0 Å². The van der Waals surface area contributed by atoms with Crippen LogP contribution in [-0.4, -0.2) is 33.5 Å². The minimum absolute atomic E-state index is 0.0428. The number of amides is 1. The summed E-state index contributed by atoms with van der Waals surface area (Å²) in [6.07, 6.45) is 2.13. The summed E-state index contributed by atoms with van der Waals surface area (Å²) in [4.78, 5) is 17.0. The van der Waals surface area contributed by atoms with E-state index in [-0.39, 0.29) is 12.3 Å². The third-order valence-electron chi connectivity index (χ3n) is 2.47. The summed E-state index contributed by atoms with van der Waals surface area (Å²) < 4.78 is 5.39. The molecule has 5 nitrogen and oxygen atoms in total. The molecule has 0 aliphatic carbocycles.